The Morgan fingerprint density at radius 3 is 2.87 bits per heavy atom. The van der Waals surface area contributed by atoms with Gasteiger partial charge in [0.2, 0.25) is 5.91 Å². The maximum atomic E-state index is 13.0. The van der Waals surface area contributed by atoms with Crippen LogP contribution in [0.1, 0.15) is 11.3 Å². The maximum absolute atomic E-state index is 13.0. The average molecular weight is 327 g/mol. The van der Waals surface area contributed by atoms with Crippen LogP contribution in [-0.4, -0.2) is 26.7 Å². The number of terminal acetylenes is 1. The molecule has 0 saturated carbocycles. The first-order valence-electron chi connectivity index (χ1n) is 7.02. The van der Waals surface area contributed by atoms with Crippen molar-refractivity contribution in [2.45, 2.75) is 13.0 Å². The molecule has 0 saturated heterocycles. The van der Waals surface area contributed by atoms with E-state index in [9.17, 15) is 9.18 Å². The fourth-order valence-corrected chi connectivity index (χ4v) is 3.00. The summed E-state index contributed by atoms with van der Waals surface area (Å²) < 4.78 is 14.9. The zero-order valence-corrected chi connectivity index (χ0v) is 13.1. The van der Waals surface area contributed by atoms with E-state index >= 15 is 0 Å². The minimum Gasteiger partial charge on any atom is -0.327 e. The van der Waals surface area contributed by atoms with E-state index in [0.717, 1.165) is 10.5 Å². The molecule has 0 unspecified atom stereocenters. The molecule has 3 rings (SSSR count). The molecule has 1 amide bonds. The second kappa shape index (κ2) is 6.63. The fraction of sp³-hybridized carbons (Fsp3) is 0.176. The van der Waals surface area contributed by atoms with E-state index in [1.165, 1.54) is 23.5 Å². The highest BCUT2D eigenvalue weighted by atomic mass is 32.1. The van der Waals surface area contributed by atoms with Gasteiger partial charge < -0.3 is 4.90 Å². The lowest BCUT2D eigenvalue weighted by atomic mass is 10.2. The smallest absolute Gasteiger partial charge is 0.229 e. The van der Waals surface area contributed by atoms with Gasteiger partial charge in [-0.15, -0.1) is 17.8 Å². The number of rotatable bonds is 5. The molecule has 0 aliphatic heterocycles. The number of thiazole rings is 1. The lowest BCUT2D eigenvalue weighted by Crippen LogP contribution is -2.32. The summed E-state index contributed by atoms with van der Waals surface area (Å²) in [5, 5.41) is 1.94. The molecule has 0 radical (unpaired) electrons. The molecule has 3 aromatic rings. The lowest BCUT2D eigenvalue weighted by molar-refractivity contribution is -0.130. The van der Waals surface area contributed by atoms with Crippen molar-refractivity contribution in [2.75, 3.05) is 6.54 Å². The molecule has 0 spiro atoms. The molecule has 0 aliphatic carbocycles. The van der Waals surface area contributed by atoms with Crippen LogP contribution in [0.2, 0.25) is 0 Å². The van der Waals surface area contributed by atoms with Crippen LogP contribution in [-0.2, 0) is 17.8 Å². The summed E-state index contributed by atoms with van der Waals surface area (Å²) in [5.74, 6) is 2.09. The van der Waals surface area contributed by atoms with Crippen LogP contribution in [0.15, 0.2) is 42.0 Å². The Morgan fingerprint density at radius 1 is 1.39 bits per heavy atom. The first-order valence-corrected chi connectivity index (χ1v) is 7.90. The second-order valence-electron chi connectivity index (χ2n) is 5.08. The first kappa shape index (κ1) is 15.3. The number of carbonyl (C=O) groups is 1. The normalized spacial score (nSPS) is 10.6. The average Bonchev–Trinajstić information content (AvgIpc) is 3.10. The number of fused-ring (bicyclic) bond motifs is 1. The molecule has 4 nitrogen and oxygen atoms in total. The Morgan fingerprint density at radius 2 is 2.17 bits per heavy atom. The lowest BCUT2D eigenvalue weighted by Gasteiger charge is -2.20. The summed E-state index contributed by atoms with van der Waals surface area (Å²) in [6.45, 7) is 0.559. The van der Waals surface area contributed by atoms with Crippen molar-refractivity contribution < 1.29 is 9.18 Å². The van der Waals surface area contributed by atoms with Crippen molar-refractivity contribution in [1.82, 2.24) is 14.3 Å². The van der Waals surface area contributed by atoms with Gasteiger partial charge in [-0.05, 0) is 17.7 Å². The monoisotopic (exact) mass is 327 g/mol. The Hall–Kier alpha value is -2.65. The number of nitrogens with zero attached hydrogens (tertiary/aromatic N) is 3. The Balaban J connectivity index is 1.71. The van der Waals surface area contributed by atoms with Gasteiger partial charge in [-0.1, -0.05) is 18.1 Å². The molecular weight excluding hydrogens is 313 g/mol. The molecule has 2 heterocycles. The summed E-state index contributed by atoms with van der Waals surface area (Å²) in [5.41, 5.74) is 1.55. The van der Waals surface area contributed by atoms with E-state index in [1.54, 1.807) is 17.0 Å². The van der Waals surface area contributed by atoms with Gasteiger partial charge in [0.25, 0.3) is 0 Å². The molecule has 0 N–H and O–H groups in total. The molecule has 116 valence electrons. The van der Waals surface area contributed by atoms with Crippen LogP contribution in [0.3, 0.4) is 0 Å². The molecule has 23 heavy (non-hydrogen) atoms. The van der Waals surface area contributed by atoms with Crippen molar-refractivity contribution in [3.8, 4) is 12.3 Å². The highest BCUT2D eigenvalue weighted by Gasteiger charge is 2.16. The van der Waals surface area contributed by atoms with Gasteiger partial charge in [0.05, 0.1) is 18.7 Å². The van der Waals surface area contributed by atoms with Gasteiger partial charge in [-0.25, -0.2) is 9.37 Å². The van der Waals surface area contributed by atoms with E-state index < -0.39 is 0 Å². The third-order valence-electron chi connectivity index (χ3n) is 3.40. The van der Waals surface area contributed by atoms with Crippen LogP contribution in [0.5, 0.6) is 0 Å². The van der Waals surface area contributed by atoms with Crippen LogP contribution in [0, 0.1) is 18.2 Å². The van der Waals surface area contributed by atoms with Crippen LogP contribution < -0.4 is 0 Å². The Kier molecular flexibility index (Phi) is 4.40. The number of amides is 1. The van der Waals surface area contributed by atoms with Crippen molar-refractivity contribution in [1.29, 1.82) is 0 Å². The van der Waals surface area contributed by atoms with Crippen LogP contribution >= 0.6 is 11.3 Å². The second-order valence-corrected chi connectivity index (χ2v) is 5.96. The number of aromatic nitrogens is 2. The van der Waals surface area contributed by atoms with Gasteiger partial charge >= 0.3 is 0 Å². The molecule has 1 aromatic carbocycles. The third kappa shape index (κ3) is 3.58. The predicted molar refractivity (Wildman–Crippen MR) is 87.4 cm³/mol. The Bertz CT molecular complexity index is 831. The third-order valence-corrected chi connectivity index (χ3v) is 4.17. The number of imidazole rings is 1. The molecule has 0 atom stereocenters. The summed E-state index contributed by atoms with van der Waals surface area (Å²) in [6, 6.07) is 6.05. The highest BCUT2D eigenvalue weighted by molar-refractivity contribution is 7.15. The highest BCUT2D eigenvalue weighted by Crippen LogP contribution is 2.13. The van der Waals surface area contributed by atoms with E-state index in [2.05, 4.69) is 10.9 Å². The molecular formula is C17H14FN3OS. The van der Waals surface area contributed by atoms with E-state index in [1.807, 2.05) is 22.2 Å². The number of hydrogen-bond acceptors (Lipinski definition) is 3. The first-order chi connectivity index (χ1) is 11.2. The van der Waals surface area contributed by atoms with Crippen molar-refractivity contribution >= 4 is 22.2 Å². The molecule has 6 heteroatoms. The molecule has 2 aromatic heterocycles. The number of hydrogen-bond donors (Lipinski definition) is 0. The van der Waals surface area contributed by atoms with Gasteiger partial charge in [0, 0.05) is 24.3 Å². The Labute approximate surface area is 137 Å². The van der Waals surface area contributed by atoms with Crippen LogP contribution in [0.4, 0.5) is 4.39 Å². The van der Waals surface area contributed by atoms with E-state index in [4.69, 9.17) is 6.42 Å². The van der Waals surface area contributed by atoms with Crippen molar-refractivity contribution in [2.24, 2.45) is 0 Å². The standard InChI is InChI=1S/C17H14FN3OS/c1-2-7-20(11-13-3-5-14(18)6-4-13)16(22)10-15-12-21-8-9-23-17(21)19-15/h1,3-6,8-9,12H,7,10-11H2. The topological polar surface area (TPSA) is 37.6 Å². The van der Waals surface area contributed by atoms with Crippen LogP contribution in [0.25, 0.3) is 4.96 Å². The number of halogens is 1. The summed E-state index contributed by atoms with van der Waals surface area (Å²) in [4.78, 5) is 19.3. The van der Waals surface area contributed by atoms with Crippen molar-refractivity contribution in [3.63, 3.8) is 0 Å². The minimum absolute atomic E-state index is 0.0990. The minimum atomic E-state index is -0.304. The summed E-state index contributed by atoms with van der Waals surface area (Å²) in [7, 11) is 0. The largest absolute Gasteiger partial charge is 0.327 e. The fourth-order valence-electron chi connectivity index (χ4n) is 2.28. The van der Waals surface area contributed by atoms with Gasteiger partial charge in [0.1, 0.15) is 5.82 Å². The summed E-state index contributed by atoms with van der Waals surface area (Å²) in [6.07, 6.45) is 9.30. The maximum Gasteiger partial charge on any atom is 0.229 e. The predicted octanol–water partition coefficient (Wildman–Crippen LogP) is 2.74. The van der Waals surface area contributed by atoms with Crippen molar-refractivity contribution in [3.05, 3.63) is 59.1 Å². The van der Waals surface area contributed by atoms with Gasteiger partial charge in [-0.2, -0.15) is 0 Å². The number of carbonyl (C=O) groups excluding carboxylic acids is 1. The molecule has 0 aliphatic rings. The van der Waals surface area contributed by atoms with E-state index in [0.29, 0.717) is 12.2 Å². The zero-order chi connectivity index (χ0) is 16.2. The zero-order valence-electron chi connectivity index (χ0n) is 12.3. The number of benzene rings is 1. The van der Waals surface area contributed by atoms with Gasteiger partial charge in [0.15, 0.2) is 4.96 Å². The summed E-state index contributed by atoms with van der Waals surface area (Å²) >= 11 is 1.52. The molecule has 0 bridgehead atoms. The van der Waals surface area contributed by atoms with E-state index in [-0.39, 0.29) is 24.7 Å². The quantitative estimate of drug-likeness (QED) is 0.676. The van der Waals surface area contributed by atoms with Gasteiger partial charge in [-0.3, -0.25) is 9.20 Å². The molecule has 0 fully saturated rings. The SMILES string of the molecule is C#CCN(Cc1ccc(F)cc1)C(=O)Cc1cn2ccsc2n1.